The van der Waals surface area contributed by atoms with Crippen LogP contribution in [0.25, 0.3) is 0 Å². The monoisotopic (exact) mass is 278 g/mol. The molecule has 0 unspecified atom stereocenters. The van der Waals surface area contributed by atoms with E-state index in [1.807, 2.05) is 13.8 Å². The van der Waals surface area contributed by atoms with Crippen molar-refractivity contribution in [1.29, 1.82) is 0 Å². The lowest BCUT2D eigenvalue weighted by atomic mass is 10.0. The largest absolute Gasteiger partial charge is 0.383 e. The normalized spacial score (nSPS) is 10.8. The van der Waals surface area contributed by atoms with E-state index < -0.39 is 11.6 Å². The number of nitrogens with two attached hydrogens (primary N) is 1. The fraction of sp³-hybridized carbons (Fsp3) is 0.286. The first-order valence-electron chi connectivity index (χ1n) is 6.27. The van der Waals surface area contributed by atoms with Crippen molar-refractivity contribution in [2.45, 2.75) is 26.3 Å². The van der Waals surface area contributed by atoms with Crippen LogP contribution in [0.5, 0.6) is 0 Å². The van der Waals surface area contributed by atoms with E-state index >= 15 is 0 Å². The van der Waals surface area contributed by atoms with Gasteiger partial charge in [0.25, 0.3) is 0 Å². The second-order valence-corrected chi connectivity index (χ2v) is 4.77. The van der Waals surface area contributed by atoms with Gasteiger partial charge in [0.15, 0.2) is 0 Å². The van der Waals surface area contributed by atoms with Gasteiger partial charge in [0, 0.05) is 17.7 Å². The Morgan fingerprint density at radius 2 is 2.00 bits per heavy atom. The number of rotatable bonds is 4. The van der Waals surface area contributed by atoms with Gasteiger partial charge in [0.2, 0.25) is 0 Å². The van der Waals surface area contributed by atoms with Crippen LogP contribution in [0.3, 0.4) is 0 Å². The van der Waals surface area contributed by atoms with Crippen LogP contribution >= 0.6 is 0 Å². The SMILES string of the molecule is CC(C)c1c(N)ncnc1NCc1cc(F)ccc1F. The summed E-state index contributed by atoms with van der Waals surface area (Å²) in [7, 11) is 0. The van der Waals surface area contributed by atoms with Gasteiger partial charge in [-0.3, -0.25) is 0 Å². The Morgan fingerprint density at radius 3 is 2.70 bits per heavy atom. The van der Waals surface area contributed by atoms with Gasteiger partial charge >= 0.3 is 0 Å². The molecule has 0 spiro atoms. The number of anilines is 2. The van der Waals surface area contributed by atoms with Gasteiger partial charge in [-0.05, 0) is 24.1 Å². The van der Waals surface area contributed by atoms with Crippen LogP contribution < -0.4 is 11.1 Å². The highest BCUT2D eigenvalue weighted by Crippen LogP contribution is 2.26. The van der Waals surface area contributed by atoms with Crippen LogP contribution in [0.4, 0.5) is 20.4 Å². The first kappa shape index (κ1) is 14.2. The Balaban J connectivity index is 2.23. The molecule has 0 saturated carbocycles. The third-order valence-electron chi connectivity index (χ3n) is 2.95. The van der Waals surface area contributed by atoms with Crippen LogP contribution in [0.1, 0.15) is 30.9 Å². The summed E-state index contributed by atoms with van der Waals surface area (Å²) in [6.45, 7) is 4.05. The van der Waals surface area contributed by atoms with Gasteiger partial charge in [0.05, 0.1) is 0 Å². The number of hydrogen-bond acceptors (Lipinski definition) is 4. The molecule has 0 bridgehead atoms. The molecule has 6 heteroatoms. The molecule has 1 aromatic heterocycles. The van der Waals surface area contributed by atoms with Crippen LogP contribution in [0.2, 0.25) is 0 Å². The minimum Gasteiger partial charge on any atom is -0.383 e. The van der Waals surface area contributed by atoms with Gasteiger partial charge < -0.3 is 11.1 Å². The van der Waals surface area contributed by atoms with Crippen LogP contribution in [-0.2, 0) is 6.54 Å². The second-order valence-electron chi connectivity index (χ2n) is 4.77. The van der Waals surface area contributed by atoms with Crippen molar-refractivity contribution >= 4 is 11.6 Å². The summed E-state index contributed by atoms with van der Waals surface area (Å²) in [5.41, 5.74) is 6.82. The number of aromatic nitrogens is 2. The molecule has 0 amide bonds. The van der Waals surface area contributed by atoms with Crippen molar-refractivity contribution < 1.29 is 8.78 Å². The van der Waals surface area contributed by atoms with Crippen molar-refractivity contribution in [2.24, 2.45) is 0 Å². The zero-order valence-corrected chi connectivity index (χ0v) is 11.3. The van der Waals surface area contributed by atoms with E-state index in [9.17, 15) is 8.78 Å². The zero-order valence-electron chi connectivity index (χ0n) is 11.3. The molecule has 0 aliphatic heterocycles. The summed E-state index contributed by atoms with van der Waals surface area (Å²) >= 11 is 0. The van der Waals surface area contributed by atoms with Crippen LogP contribution in [0, 0.1) is 11.6 Å². The summed E-state index contributed by atoms with van der Waals surface area (Å²) in [5, 5.41) is 2.98. The van der Waals surface area contributed by atoms with E-state index in [1.165, 1.54) is 6.33 Å². The maximum atomic E-state index is 13.5. The predicted octanol–water partition coefficient (Wildman–Crippen LogP) is 3.07. The second kappa shape index (κ2) is 5.81. The first-order valence-corrected chi connectivity index (χ1v) is 6.27. The topological polar surface area (TPSA) is 63.8 Å². The molecule has 0 fully saturated rings. The summed E-state index contributed by atoms with van der Waals surface area (Å²) in [5.74, 6) is 0.103. The molecular formula is C14H16F2N4. The predicted molar refractivity (Wildman–Crippen MR) is 74.2 cm³/mol. The number of nitrogens with one attached hydrogen (secondary N) is 1. The van der Waals surface area contributed by atoms with Crippen molar-refractivity contribution in [2.75, 3.05) is 11.1 Å². The molecule has 4 nitrogen and oxygen atoms in total. The molecule has 2 aromatic rings. The van der Waals surface area contributed by atoms with E-state index in [0.717, 1.165) is 23.8 Å². The number of benzene rings is 1. The Morgan fingerprint density at radius 1 is 1.25 bits per heavy atom. The third-order valence-corrected chi connectivity index (χ3v) is 2.95. The Labute approximate surface area is 116 Å². The summed E-state index contributed by atoms with van der Waals surface area (Å²) < 4.78 is 26.7. The maximum Gasteiger partial charge on any atom is 0.135 e. The molecule has 0 atom stereocenters. The van der Waals surface area contributed by atoms with Crippen molar-refractivity contribution in [3.8, 4) is 0 Å². The standard InChI is InChI=1S/C14H16F2N4/c1-8(2)12-13(17)19-7-20-14(12)18-6-9-5-10(15)3-4-11(9)16/h3-5,7-8H,6H2,1-2H3,(H3,17,18,19,20). The Hall–Kier alpha value is -2.24. The molecule has 0 aliphatic rings. The van der Waals surface area contributed by atoms with Gasteiger partial charge in [-0.2, -0.15) is 0 Å². The number of halogens is 2. The molecule has 1 heterocycles. The molecule has 3 N–H and O–H groups in total. The highest BCUT2D eigenvalue weighted by molar-refractivity contribution is 5.56. The highest BCUT2D eigenvalue weighted by atomic mass is 19.1. The average Bonchev–Trinajstić information content (AvgIpc) is 2.39. The van der Waals surface area contributed by atoms with E-state index in [2.05, 4.69) is 15.3 Å². The lowest BCUT2D eigenvalue weighted by Crippen LogP contribution is -2.10. The summed E-state index contributed by atoms with van der Waals surface area (Å²) in [6, 6.07) is 3.34. The molecular weight excluding hydrogens is 262 g/mol. The average molecular weight is 278 g/mol. The van der Waals surface area contributed by atoms with Crippen molar-refractivity contribution in [3.05, 3.63) is 47.3 Å². The molecule has 2 rings (SSSR count). The lowest BCUT2D eigenvalue weighted by Gasteiger charge is -2.15. The minimum absolute atomic E-state index is 0.121. The molecule has 1 aromatic carbocycles. The maximum absolute atomic E-state index is 13.5. The van der Waals surface area contributed by atoms with Gasteiger partial charge in [0.1, 0.15) is 29.6 Å². The van der Waals surface area contributed by atoms with Gasteiger partial charge in [-0.15, -0.1) is 0 Å². The first-order chi connectivity index (χ1) is 9.49. The fourth-order valence-corrected chi connectivity index (χ4v) is 1.98. The molecule has 20 heavy (non-hydrogen) atoms. The zero-order chi connectivity index (χ0) is 14.7. The molecule has 0 saturated heterocycles. The molecule has 106 valence electrons. The van der Waals surface area contributed by atoms with Crippen LogP contribution in [-0.4, -0.2) is 9.97 Å². The van der Waals surface area contributed by atoms with Gasteiger partial charge in [-0.25, -0.2) is 18.7 Å². The smallest absolute Gasteiger partial charge is 0.135 e. The number of nitrogens with zero attached hydrogens (tertiary/aromatic N) is 2. The van der Waals surface area contributed by atoms with Crippen molar-refractivity contribution in [3.63, 3.8) is 0 Å². The van der Waals surface area contributed by atoms with E-state index in [-0.39, 0.29) is 18.0 Å². The molecule has 0 aliphatic carbocycles. The van der Waals surface area contributed by atoms with E-state index in [4.69, 9.17) is 5.73 Å². The number of nitrogen functional groups attached to an aromatic ring is 1. The molecule has 0 radical (unpaired) electrons. The van der Waals surface area contributed by atoms with Crippen LogP contribution in [0.15, 0.2) is 24.5 Å². The quantitative estimate of drug-likeness (QED) is 0.902. The number of hydrogen-bond donors (Lipinski definition) is 2. The highest BCUT2D eigenvalue weighted by Gasteiger charge is 2.13. The van der Waals surface area contributed by atoms with Crippen molar-refractivity contribution in [1.82, 2.24) is 9.97 Å². The van der Waals surface area contributed by atoms with E-state index in [0.29, 0.717) is 11.6 Å². The summed E-state index contributed by atoms with van der Waals surface area (Å²) in [4.78, 5) is 8.05. The summed E-state index contributed by atoms with van der Waals surface area (Å²) in [6.07, 6.45) is 1.34. The van der Waals surface area contributed by atoms with E-state index in [1.54, 1.807) is 0 Å². The minimum atomic E-state index is -0.477. The third kappa shape index (κ3) is 3.01. The van der Waals surface area contributed by atoms with Gasteiger partial charge in [-0.1, -0.05) is 13.8 Å². The Kier molecular flexibility index (Phi) is 4.12. The lowest BCUT2D eigenvalue weighted by molar-refractivity contribution is 0.587. The Bertz CT molecular complexity index is 614. The fourth-order valence-electron chi connectivity index (χ4n) is 1.98.